The van der Waals surface area contributed by atoms with Gasteiger partial charge in [-0.3, -0.25) is 14.9 Å². The molecule has 0 spiro atoms. The van der Waals surface area contributed by atoms with Crippen molar-refractivity contribution in [1.29, 1.82) is 0 Å². The van der Waals surface area contributed by atoms with Gasteiger partial charge in [0.1, 0.15) is 18.1 Å². The Kier molecular flexibility index (Phi) is 4.60. The number of fused-ring (bicyclic) bond motifs is 1. The lowest BCUT2D eigenvalue weighted by Gasteiger charge is -2.25. The lowest BCUT2D eigenvalue weighted by Crippen LogP contribution is -2.31. The van der Waals surface area contributed by atoms with Crippen molar-refractivity contribution in [3.05, 3.63) is 51.8 Å². The van der Waals surface area contributed by atoms with E-state index in [0.717, 1.165) is 11.6 Å². The molecule has 1 aromatic heterocycles. The molecule has 0 fully saturated rings. The van der Waals surface area contributed by atoms with Crippen LogP contribution in [0.2, 0.25) is 0 Å². The van der Waals surface area contributed by atoms with Crippen molar-refractivity contribution in [2.24, 2.45) is 5.92 Å². The van der Waals surface area contributed by atoms with Crippen LogP contribution >= 0.6 is 0 Å². The molecule has 0 radical (unpaired) electrons. The first-order valence-corrected chi connectivity index (χ1v) is 7.90. The SMILES string of the molecule is CC(C)C(NC(=O)c1ccc([N+](=O)[O-])o1)c1ccc2c(c1)OCCO2. The molecule has 1 aliphatic heterocycles. The number of carbonyl (C=O) groups excluding carboxylic acids is 1. The number of amides is 1. The Hall–Kier alpha value is -3.03. The molecule has 0 bridgehead atoms. The van der Waals surface area contributed by atoms with Crippen LogP contribution in [-0.2, 0) is 0 Å². The van der Waals surface area contributed by atoms with Crippen molar-refractivity contribution in [3.63, 3.8) is 0 Å². The van der Waals surface area contributed by atoms with E-state index in [2.05, 4.69) is 5.32 Å². The molecule has 0 aliphatic carbocycles. The number of nitrogens with zero attached hydrogens (tertiary/aromatic N) is 1. The lowest BCUT2D eigenvalue weighted by atomic mass is 9.95. The molecule has 25 heavy (non-hydrogen) atoms. The van der Waals surface area contributed by atoms with Crippen LogP contribution in [0.1, 0.15) is 36.0 Å². The molecule has 1 unspecified atom stereocenters. The number of hydrogen-bond acceptors (Lipinski definition) is 6. The third-order valence-corrected chi connectivity index (χ3v) is 3.87. The van der Waals surface area contributed by atoms with Gasteiger partial charge in [-0.25, -0.2) is 0 Å². The summed E-state index contributed by atoms with van der Waals surface area (Å²) in [5.74, 6) is 0.307. The third kappa shape index (κ3) is 3.57. The van der Waals surface area contributed by atoms with Crippen molar-refractivity contribution in [2.45, 2.75) is 19.9 Å². The average molecular weight is 346 g/mol. The van der Waals surface area contributed by atoms with Gasteiger partial charge in [-0.1, -0.05) is 19.9 Å². The van der Waals surface area contributed by atoms with Crippen LogP contribution in [0.4, 0.5) is 5.88 Å². The molecule has 2 aromatic rings. The fraction of sp³-hybridized carbons (Fsp3) is 0.353. The number of benzene rings is 1. The van der Waals surface area contributed by atoms with E-state index in [4.69, 9.17) is 13.9 Å². The van der Waals surface area contributed by atoms with Crippen LogP contribution < -0.4 is 14.8 Å². The Labute approximate surface area is 143 Å². The Balaban J connectivity index is 1.81. The van der Waals surface area contributed by atoms with E-state index in [9.17, 15) is 14.9 Å². The van der Waals surface area contributed by atoms with Gasteiger partial charge in [0.2, 0.25) is 0 Å². The van der Waals surface area contributed by atoms with Crippen molar-refractivity contribution in [3.8, 4) is 11.5 Å². The van der Waals surface area contributed by atoms with Gasteiger partial charge in [0.15, 0.2) is 17.3 Å². The normalized spacial score (nSPS) is 14.2. The molecule has 0 saturated carbocycles. The molecule has 8 nitrogen and oxygen atoms in total. The summed E-state index contributed by atoms with van der Waals surface area (Å²) in [6.07, 6.45) is 0. The highest BCUT2D eigenvalue weighted by Gasteiger charge is 2.24. The minimum Gasteiger partial charge on any atom is -0.486 e. The number of hydrogen-bond donors (Lipinski definition) is 1. The first kappa shape index (κ1) is 16.8. The summed E-state index contributed by atoms with van der Waals surface area (Å²) in [5.41, 5.74) is 0.855. The predicted molar refractivity (Wildman–Crippen MR) is 87.8 cm³/mol. The second kappa shape index (κ2) is 6.84. The number of ether oxygens (including phenoxy) is 2. The van der Waals surface area contributed by atoms with Gasteiger partial charge in [-0.2, -0.15) is 0 Å². The molecule has 3 rings (SSSR count). The molecule has 0 saturated heterocycles. The van der Waals surface area contributed by atoms with Crippen LogP contribution in [0.5, 0.6) is 11.5 Å². The Morgan fingerprint density at radius 1 is 1.16 bits per heavy atom. The molecular weight excluding hydrogens is 328 g/mol. The second-order valence-electron chi connectivity index (χ2n) is 5.99. The largest absolute Gasteiger partial charge is 0.486 e. The molecule has 2 heterocycles. The summed E-state index contributed by atoms with van der Waals surface area (Å²) in [7, 11) is 0. The van der Waals surface area contributed by atoms with E-state index >= 15 is 0 Å². The molecule has 1 amide bonds. The van der Waals surface area contributed by atoms with Crippen molar-refractivity contribution in [2.75, 3.05) is 13.2 Å². The first-order valence-electron chi connectivity index (χ1n) is 7.90. The van der Waals surface area contributed by atoms with Gasteiger partial charge < -0.3 is 19.2 Å². The molecule has 1 atom stereocenters. The van der Waals surface area contributed by atoms with Crippen LogP contribution in [0, 0.1) is 16.0 Å². The molecule has 1 aliphatic rings. The van der Waals surface area contributed by atoms with E-state index in [1.807, 2.05) is 32.0 Å². The summed E-state index contributed by atoms with van der Waals surface area (Å²) in [4.78, 5) is 22.4. The molecule has 8 heteroatoms. The maximum absolute atomic E-state index is 12.4. The Morgan fingerprint density at radius 2 is 1.88 bits per heavy atom. The second-order valence-corrected chi connectivity index (χ2v) is 5.99. The zero-order chi connectivity index (χ0) is 18.0. The van der Waals surface area contributed by atoms with E-state index in [-0.39, 0.29) is 17.7 Å². The molecule has 132 valence electrons. The number of nitrogens with one attached hydrogen (secondary N) is 1. The zero-order valence-electron chi connectivity index (χ0n) is 13.9. The Morgan fingerprint density at radius 3 is 2.52 bits per heavy atom. The number of rotatable bonds is 5. The highest BCUT2D eigenvalue weighted by Crippen LogP contribution is 2.34. The topological polar surface area (TPSA) is 104 Å². The third-order valence-electron chi connectivity index (χ3n) is 3.87. The lowest BCUT2D eigenvalue weighted by molar-refractivity contribution is -0.402. The van der Waals surface area contributed by atoms with Crippen LogP contribution in [-0.4, -0.2) is 24.0 Å². The van der Waals surface area contributed by atoms with Crippen LogP contribution in [0.25, 0.3) is 0 Å². The monoisotopic (exact) mass is 346 g/mol. The number of furan rings is 1. The summed E-state index contributed by atoms with van der Waals surface area (Å²) in [6.45, 7) is 4.91. The van der Waals surface area contributed by atoms with Gasteiger partial charge in [0.25, 0.3) is 5.91 Å². The maximum Gasteiger partial charge on any atom is 0.433 e. The van der Waals surface area contributed by atoms with E-state index in [1.54, 1.807) is 0 Å². The van der Waals surface area contributed by atoms with Gasteiger partial charge >= 0.3 is 5.88 Å². The highest BCUT2D eigenvalue weighted by molar-refractivity contribution is 5.92. The predicted octanol–water partition coefficient (Wildman–Crippen LogP) is 3.09. The fourth-order valence-corrected chi connectivity index (χ4v) is 2.65. The van der Waals surface area contributed by atoms with E-state index in [1.165, 1.54) is 6.07 Å². The molecule has 1 aromatic carbocycles. The number of nitro groups is 1. The number of carbonyl (C=O) groups is 1. The fourth-order valence-electron chi connectivity index (χ4n) is 2.65. The van der Waals surface area contributed by atoms with E-state index in [0.29, 0.717) is 24.7 Å². The maximum atomic E-state index is 12.4. The van der Waals surface area contributed by atoms with Crippen LogP contribution in [0.3, 0.4) is 0 Å². The summed E-state index contributed by atoms with van der Waals surface area (Å²) < 4.78 is 16.0. The Bertz CT molecular complexity index is 798. The average Bonchev–Trinajstić information content (AvgIpc) is 3.09. The molecular formula is C17H18N2O6. The van der Waals surface area contributed by atoms with Gasteiger partial charge in [-0.05, 0) is 29.7 Å². The van der Waals surface area contributed by atoms with Gasteiger partial charge in [0, 0.05) is 0 Å². The zero-order valence-corrected chi connectivity index (χ0v) is 13.9. The summed E-state index contributed by atoms with van der Waals surface area (Å²) in [6, 6.07) is 7.64. The highest BCUT2D eigenvalue weighted by atomic mass is 16.6. The van der Waals surface area contributed by atoms with Gasteiger partial charge in [0.05, 0.1) is 12.1 Å². The smallest absolute Gasteiger partial charge is 0.433 e. The van der Waals surface area contributed by atoms with Crippen molar-refractivity contribution < 1.29 is 23.6 Å². The van der Waals surface area contributed by atoms with Gasteiger partial charge in [-0.15, -0.1) is 0 Å². The minimum absolute atomic E-state index is 0.0801. The summed E-state index contributed by atoms with van der Waals surface area (Å²) >= 11 is 0. The van der Waals surface area contributed by atoms with Crippen LogP contribution in [0.15, 0.2) is 34.7 Å². The minimum atomic E-state index is -0.683. The standard InChI is InChI=1S/C17H18N2O6/c1-10(2)16(11-3-4-12-14(9-11)24-8-7-23-12)18-17(20)13-5-6-15(25-13)19(21)22/h3-6,9-10,16H,7-8H2,1-2H3,(H,18,20). The quantitative estimate of drug-likeness (QED) is 0.659. The van der Waals surface area contributed by atoms with Crippen molar-refractivity contribution in [1.82, 2.24) is 5.32 Å². The van der Waals surface area contributed by atoms with E-state index < -0.39 is 16.7 Å². The molecule has 1 N–H and O–H groups in total. The summed E-state index contributed by atoms with van der Waals surface area (Å²) in [5, 5.41) is 13.5. The first-order chi connectivity index (χ1) is 12.0. The van der Waals surface area contributed by atoms with Crippen molar-refractivity contribution >= 4 is 11.8 Å².